The van der Waals surface area contributed by atoms with Crippen molar-refractivity contribution < 1.29 is 4.39 Å². The average Bonchev–Trinajstić information content (AvgIpc) is 2.43. The number of benzene rings is 1. The predicted molar refractivity (Wildman–Crippen MR) is 49.0 cm³/mol. The lowest BCUT2D eigenvalue weighted by molar-refractivity contribution is 0.629. The molecule has 4 heteroatoms. The first kappa shape index (κ1) is 8.14. The normalized spacial score (nSPS) is 10.2. The number of hydrogen-bond acceptors (Lipinski definition) is 3. The number of nitriles is 1. The molecule has 64 valence electrons. The van der Waals surface area contributed by atoms with Gasteiger partial charge in [0.15, 0.2) is 0 Å². The van der Waals surface area contributed by atoms with E-state index in [4.69, 9.17) is 5.26 Å². The molecule has 1 aromatic carbocycles. The first-order valence-electron chi connectivity index (χ1n) is 3.67. The van der Waals surface area contributed by atoms with Crippen molar-refractivity contribution in [2.24, 2.45) is 0 Å². The third-order valence-corrected chi connectivity index (χ3v) is 2.60. The van der Waals surface area contributed by atoms with Gasteiger partial charge in [-0.1, -0.05) is 0 Å². The van der Waals surface area contributed by atoms with Crippen LogP contribution < -0.4 is 0 Å². The third-order valence-electron chi connectivity index (χ3n) is 1.69. The fourth-order valence-electron chi connectivity index (χ4n) is 1.19. The molecule has 0 spiro atoms. The highest BCUT2D eigenvalue weighted by molar-refractivity contribution is 7.18. The Kier molecular flexibility index (Phi) is 1.74. The maximum Gasteiger partial charge on any atom is 0.126 e. The van der Waals surface area contributed by atoms with Gasteiger partial charge in [-0.2, -0.15) is 5.26 Å². The van der Waals surface area contributed by atoms with E-state index in [1.54, 1.807) is 0 Å². The summed E-state index contributed by atoms with van der Waals surface area (Å²) in [5.41, 5.74) is 0.908. The molecule has 0 radical (unpaired) electrons. The molecule has 2 nitrogen and oxygen atoms in total. The predicted octanol–water partition coefficient (Wildman–Crippen LogP) is 2.62. The van der Waals surface area contributed by atoms with Gasteiger partial charge in [-0.15, -0.1) is 11.3 Å². The second kappa shape index (κ2) is 2.79. The van der Waals surface area contributed by atoms with Gasteiger partial charge in [0.05, 0.1) is 20.8 Å². The number of halogens is 1. The Balaban J connectivity index is 2.90. The Bertz CT molecular complexity index is 510. The van der Waals surface area contributed by atoms with Gasteiger partial charge in [0.2, 0.25) is 0 Å². The van der Waals surface area contributed by atoms with Crippen LogP contribution in [0.5, 0.6) is 0 Å². The molecule has 2 aromatic rings. The zero-order chi connectivity index (χ0) is 9.42. The minimum Gasteiger partial charge on any atom is -0.240 e. The minimum atomic E-state index is -0.382. The van der Waals surface area contributed by atoms with Crippen molar-refractivity contribution in [3.05, 3.63) is 28.5 Å². The molecule has 0 fully saturated rings. The SMILES string of the molecule is Cc1nc2c(C#N)cc(F)cc2s1. The van der Waals surface area contributed by atoms with Crippen molar-refractivity contribution in [3.8, 4) is 6.07 Å². The number of hydrogen-bond donors (Lipinski definition) is 0. The summed E-state index contributed by atoms with van der Waals surface area (Å²) < 4.78 is 13.7. The van der Waals surface area contributed by atoms with Gasteiger partial charge in [-0.05, 0) is 19.1 Å². The van der Waals surface area contributed by atoms with E-state index in [1.807, 2.05) is 13.0 Å². The molecule has 0 unspecified atom stereocenters. The van der Waals surface area contributed by atoms with Crippen LogP contribution in [-0.4, -0.2) is 4.98 Å². The van der Waals surface area contributed by atoms with Crippen LogP contribution in [0.25, 0.3) is 10.2 Å². The second-order valence-corrected chi connectivity index (χ2v) is 3.88. The Labute approximate surface area is 78.3 Å². The van der Waals surface area contributed by atoms with Gasteiger partial charge in [-0.3, -0.25) is 0 Å². The highest BCUT2D eigenvalue weighted by Crippen LogP contribution is 2.25. The van der Waals surface area contributed by atoms with Crippen molar-refractivity contribution in [1.29, 1.82) is 5.26 Å². The van der Waals surface area contributed by atoms with Crippen molar-refractivity contribution in [2.45, 2.75) is 6.92 Å². The lowest BCUT2D eigenvalue weighted by Gasteiger charge is -1.91. The first-order chi connectivity index (χ1) is 6.20. The van der Waals surface area contributed by atoms with Crippen LogP contribution in [0.3, 0.4) is 0 Å². The van der Waals surface area contributed by atoms with E-state index in [9.17, 15) is 4.39 Å². The molecule has 0 N–H and O–H groups in total. The zero-order valence-electron chi connectivity index (χ0n) is 6.84. The van der Waals surface area contributed by atoms with E-state index in [1.165, 1.54) is 23.5 Å². The van der Waals surface area contributed by atoms with Crippen molar-refractivity contribution in [1.82, 2.24) is 4.98 Å². The van der Waals surface area contributed by atoms with Crippen molar-refractivity contribution in [3.63, 3.8) is 0 Å². The standard InChI is InChI=1S/C9H5FN2S/c1-5-12-9-6(4-11)2-7(10)3-8(9)13-5/h2-3H,1H3. The molecule has 0 aliphatic rings. The third kappa shape index (κ3) is 1.27. The molecule has 0 amide bonds. The van der Waals surface area contributed by atoms with Crippen LogP contribution in [0.1, 0.15) is 10.6 Å². The molecule has 1 aromatic heterocycles. The first-order valence-corrected chi connectivity index (χ1v) is 4.49. The highest BCUT2D eigenvalue weighted by Gasteiger charge is 2.07. The second-order valence-electron chi connectivity index (χ2n) is 2.64. The van der Waals surface area contributed by atoms with E-state index in [2.05, 4.69) is 4.98 Å². The molecule has 1 heterocycles. The summed E-state index contributed by atoms with van der Waals surface area (Å²) in [6, 6.07) is 4.54. The molecule has 13 heavy (non-hydrogen) atoms. The molecular weight excluding hydrogens is 187 g/mol. The lowest BCUT2D eigenvalue weighted by Crippen LogP contribution is -1.81. The fourth-order valence-corrected chi connectivity index (χ4v) is 2.07. The van der Waals surface area contributed by atoms with Crippen LogP contribution >= 0.6 is 11.3 Å². The van der Waals surface area contributed by atoms with E-state index in [0.29, 0.717) is 11.1 Å². The smallest absolute Gasteiger partial charge is 0.126 e. The largest absolute Gasteiger partial charge is 0.240 e. The summed E-state index contributed by atoms with van der Waals surface area (Å²) in [5.74, 6) is -0.382. The highest BCUT2D eigenvalue weighted by atomic mass is 32.1. The van der Waals surface area contributed by atoms with Crippen LogP contribution in [-0.2, 0) is 0 Å². The fraction of sp³-hybridized carbons (Fsp3) is 0.111. The average molecular weight is 192 g/mol. The van der Waals surface area contributed by atoms with E-state index >= 15 is 0 Å². The van der Waals surface area contributed by atoms with Crippen molar-refractivity contribution >= 4 is 21.6 Å². The van der Waals surface area contributed by atoms with Gasteiger partial charge >= 0.3 is 0 Å². The quantitative estimate of drug-likeness (QED) is 0.643. The maximum absolute atomic E-state index is 12.9. The number of fused-ring (bicyclic) bond motifs is 1. The van der Waals surface area contributed by atoms with Gasteiger partial charge in [-0.25, -0.2) is 9.37 Å². The van der Waals surface area contributed by atoms with E-state index in [-0.39, 0.29) is 5.82 Å². The summed E-state index contributed by atoms with van der Waals surface area (Å²) in [6.45, 7) is 1.84. The summed E-state index contributed by atoms with van der Waals surface area (Å²) in [6.07, 6.45) is 0. The van der Waals surface area contributed by atoms with Crippen LogP contribution in [0.15, 0.2) is 12.1 Å². The summed E-state index contributed by atoms with van der Waals surface area (Å²) in [4.78, 5) is 4.15. The summed E-state index contributed by atoms with van der Waals surface area (Å²) in [5, 5.41) is 9.56. The number of aryl methyl sites for hydroxylation is 1. The van der Waals surface area contributed by atoms with E-state index in [0.717, 1.165) is 9.71 Å². The summed E-state index contributed by atoms with van der Waals surface area (Å²) in [7, 11) is 0. The molecule has 2 rings (SSSR count). The minimum absolute atomic E-state index is 0.305. The Morgan fingerprint density at radius 2 is 2.31 bits per heavy atom. The number of rotatable bonds is 0. The monoisotopic (exact) mass is 192 g/mol. The topological polar surface area (TPSA) is 36.7 Å². The van der Waals surface area contributed by atoms with Crippen LogP contribution in [0, 0.1) is 24.1 Å². The Hall–Kier alpha value is -1.47. The summed E-state index contributed by atoms with van der Waals surface area (Å²) >= 11 is 1.39. The maximum atomic E-state index is 12.9. The van der Waals surface area contributed by atoms with Gasteiger partial charge in [0.1, 0.15) is 11.9 Å². The van der Waals surface area contributed by atoms with Crippen LogP contribution in [0.2, 0.25) is 0 Å². The van der Waals surface area contributed by atoms with E-state index < -0.39 is 0 Å². The number of thiazole rings is 1. The molecule has 0 saturated heterocycles. The van der Waals surface area contributed by atoms with Gasteiger partial charge in [0.25, 0.3) is 0 Å². The molecule has 0 aliphatic carbocycles. The molecule has 0 bridgehead atoms. The molecule has 0 saturated carbocycles. The zero-order valence-corrected chi connectivity index (χ0v) is 7.65. The Morgan fingerprint density at radius 1 is 1.54 bits per heavy atom. The number of nitrogens with zero attached hydrogens (tertiary/aromatic N) is 2. The van der Waals surface area contributed by atoms with Gasteiger partial charge < -0.3 is 0 Å². The Morgan fingerprint density at radius 3 is 3.00 bits per heavy atom. The number of aromatic nitrogens is 1. The molecule has 0 atom stereocenters. The molecule has 0 aliphatic heterocycles. The van der Waals surface area contributed by atoms with Crippen molar-refractivity contribution in [2.75, 3.05) is 0 Å². The van der Waals surface area contributed by atoms with Gasteiger partial charge in [0, 0.05) is 0 Å². The lowest BCUT2D eigenvalue weighted by atomic mass is 10.2. The van der Waals surface area contributed by atoms with Crippen LogP contribution in [0.4, 0.5) is 4.39 Å². The molecular formula is C9H5FN2S.